The number of aliphatic carboxylic acids is 1. The number of sulfone groups is 1. The first kappa shape index (κ1) is 22.5. The van der Waals surface area contributed by atoms with E-state index in [-0.39, 0.29) is 5.75 Å². The molecule has 1 aliphatic heterocycles. The summed E-state index contributed by atoms with van der Waals surface area (Å²) >= 11 is 0. The van der Waals surface area contributed by atoms with Crippen molar-refractivity contribution in [1.29, 1.82) is 0 Å². The first-order valence-corrected chi connectivity index (χ1v) is 12.1. The maximum absolute atomic E-state index is 12.0. The molecule has 0 aliphatic carbocycles. The van der Waals surface area contributed by atoms with Gasteiger partial charge >= 0.3 is 5.97 Å². The molecular weight excluding hydrogens is 336 g/mol. The minimum atomic E-state index is -3.18. The Kier molecular flexibility index (Phi) is 11.4. The maximum atomic E-state index is 12.0. The molecule has 1 aliphatic rings. The van der Waals surface area contributed by atoms with Gasteiger partial charge in [-0.2, -0.15) is 0 Å². The molecule has 148 valence electrons. The van der Waals surface area contributed by atoms with Gasteiger partial charge in [-0.25, -0.2) is 8.42 Å². The molecule has 2 unspecified atom stereocenters. The van der Waals surface area contributed by atoms with Crippen molar-refractivity contribution < 1.29 is 18.3 Å². The second kappa shape index (κ2) is 12.7. The highest BCUT2D eigenvalue weighted by Gasteiger charge is 2.40. The first-order chi connectivity index (χ1) is 12.0. The van der Waals surface area contributed by atoms with E-state index in [2.05, 4.69) is 6.92 Å². The molecule has 0 saturated carbocycles. The number of carbonyl (C=O) groups is 1. The van der Waals surface area contributed by atoms with Crippen molar-refractivity contribution in [2.45, 2.75) is 108 Å². The van der Waals surface area contributed by atoms with Crippen molar-refractivity contribution in [2.24, 2.45) is 5.92 Å². The summed E-state index contributed by atoms with van der Waals surface area (Å²) < 4.78 is 23.9. The Bertz CT molecular complexity index is 458. The van der Waals surface area contributed by atoms with Crippen LogP contribution in [0.5, 0.6) is 0 Å². The molecule has 4 nitrogen and oxygen atoms in total. The fourth-order valence-electron chi connectivity index (χ4n) is 3.94. The number of rotatable bonds is 15. The highest BCUT2D eigenvalue weighted by atomic mass is 32.2. The van der Waals surface area contributed by atoms with Gasteiger partial charge in [-0.1, -0.05) is 84.0 Å². The van der Waals surface area contributed by atoms with Gasteiger partial charge in [0, 0.05) is 0 Å². The molecule has 2 atom stereocenters. The van der Waals surface area contributed by atoms with Gasteiger partial charge in [0.2, 0.25) is 0 Å². The van der Waals surface area contributed by atoms with Gasteiger partial charge in [-0.15, -0.1) is 0 Å². The summed E-state index contributed by atoms with van der Waals surface area (Å²) in [5, 5.41) is 8.74. The molecule has 0 aromatic rings. The quantitative estimate of drug-likeness (QED) is 0.392. The van der Waals surface area contributed by atoms with E-state index in [1.807, 2.05) is 0 Å². The van der Waals surface area contributed by atoms with E-state index in [1.165, 1.54) is 57.8 Å². The summed E-state index contributed by atoms with van der Waals surface area (Å²) in [6.07, 6.45) is 16.5. The molecule has 1 rings (SSSR count). The van der Waals surface area contributed by atoms with Gasteiger partial charge in [-0.3, -0.25) is 4.79 Å². The number of unbranched alkanes of at least 4 members (excludes halogenated alkanes) is 11. The van der Waals surface area contributed by atoms with E-state index in [0.717, 1.165) is 19.3 Å². The molecule has 0 bridgehead atoms. The first-order valence-electron chi connectivity index (χ1n) is 10.4. The largest absolute Gasteiger partial charge is 0.481 e. The molecule has 1 heterocycles. The van der Waals surface area contributed by atoms with E-state index in [0.29, 0.717) is 19.3 Å². The van der Waals surface area contributed by atoms with Gasteiger partial charge in [0.1, 0.15) is 0 Å². The standard InChI is InChI=1S/C20H38O4S/c1-2-3-4-5-6-7-8-9-10-11-12-13-15-18(20(21)22)19-16-14-17-25(19,23)24/h18-19H,2-17H2,1H3,(H,21,22). The summed E-state index contributed by atoms with van der Waals surface area (Å²) in [5.74, 6) is -1.46. The van der Waals surface area contributed by atoms with Crippen LogP contribution in [0.2, 0.25) is 0 Å². The highest BCUT2D eigenvalue weighted by Crippen LogP contribution is 2.30. The Morgan fingerprint density at radius 3 is 1.80 bits per heavy atom. The third-order valence-electron chi connectivity index (χ3n) is 5.51. The van der Waals surface area contributed by atoms with Gasteiger partial charge in [-0.05, 0) is 19.3 Å². The lowest BCUT2D eigenvalue weighted by atomic mass is 9.94. The number of carboxylic acid groups (broad SMARTS) is 1. The predicted molar refractivity (Wildman–Crippen MR) is 104 cm³/mol. The second-order valence-electron chi connectivity index (χ2n) is 7.67. The molecule has 1 saturated heterocycles. The molecular formula is C20H38O4S. The lowest BCUT2D eigenvalue weighted by Crippen LogP contribution is -2.32. The number of carboxylic acids is 1. The SMILES string of the molecule is CCCCCCCCCCCCCCC(C(=O)O)C1CCCS1(=O)=O. The Morgan fingerprint density at radius 1 is 0.920 bits per heavy atom. The molecule has 1 fully saturated rings. The zero-order valence-corrected chi connectivity index (χ0v) is 16.9. The maximum Gasteiger partial charge on any atom is 0.307 e. The smallest absolute Gasteiger partial charge is 0.307 e. The van der Waals surface area contributed by atoms with Crippen LogP contribution in [0, 0.1) is 5.92 Å². The van der Waals surface area contributed by atoms with Crippen LogP contribution in [-0.4, -0.2) is 30.5 Å². The molecule has 25 heavy (non-hydrogen) atoms. The Hall–Kier alpha value is -0.580. The minimum Gasteiger partial charge on any atom is -0.481 e. The lowest BCUT2D eigenvalue weighted by Gasteiger charge is -2.18. The van der Waals surface area contributed by atoms with E-state index < -0.39 is 27.0 Å². The summed E-state index contributed by atoms with van der Waals surface area (Å²) in [7, 11) is -3.18. The molecule has 5 heteroatoms. The fraction of sp³-hybridized carbons (Fsp3) is 0.950. The molecule has 0 aromatic heterocycles. The van der Waals surface area contributed by atoms with Gasteiger partial charge in [0.25, 0.3) is 0 Å². The van der Waals surface area contributed by atoms with Crippen LogP contribution in [0.15, 0.2) is 0 Å². The van der Waals surface area contributed by atoms with E-state index in [1.54, 1.807) is 0 Å². The molecule has 0 spiro atoms. The Balaban J connectivity index is 2.05. The normalized spacial score (nSPS) is 20.6. The highest BCUT2D eigenvalue weighted by molar-refractivity contribution is 7.92. The fourth-order valence-corrected chi connectivity index (χ4v) is 6.09. The van der Waals surface area contributed by atoms with Crippen LogP contribution >= 0.6 is 0 Å². The van der Waals surface area contributed by atoms with Crippen molar-refractivity contribution in [2.75, 3.05) is 5.75 Å². The third kappa shape index (κ3) is 9.07. The summed E-state index contributed by atoms with van der Waals surface area (Å²) in [4.78, 5) is 11.4. The van der Waals surface area contributed by atoms with E-state index >= 15 is 0 Å². The van der Waals surface area contributed by atoms with Crippen LogP contribution in [0.25, 0.3) is 0 Å². The lowest BCUT2D eigenvalue weighted by molar-refractivity contribution is -0.142. The van der Waals surface area contributed by atoms with Gasteiger partial charge in [0.05, 0.1) is 16.9 Å². The number of hydrogen-bond acceptors (Lipinski definition) is 3. The van der Waals surface area contributed by atoms with Crippen LogP contribution in [0.3, 0.4) is 0 Å². The predicted octanol–water partition coefficient (Wildman–Crippen LogP) is 5.36. The monoisotopic (exact) mass is 374 g/mol. The van der Waals surface area contributed by atoms with Crippen LogP contribution in [-0.2, 0) is 14.6 Å². The second-order valence-corrected chi connectivity index (χ2v) is 10.0. The van der Waals surface area contributed by atoms with Gasteiger partial charge < -0.3 is 5.11 Å². The Morgan fingerprint density at radius 2 is 1.40 bits per heavy atom. The average molecular weight is 375 g/mol. The number of hydrogen-bond donors (Lipinski definition) is 1. The minimum absolute atomic E-state index is 0.167. The van der Waals surface area contributed by atoms with Crippen molar-refractivity contribution in [1.82, 2.24) is 0 Å². The zero-order valence-electron chi connectivity index (χ0n) is 16.0. The summed E-state index contributed by atoms with van der Waals surface area (Å²) in [6.45, 7) is 2.24. The molecule has 0 radical (unpaired) electrons. The third-order valence-corrected chi connectivity index (χ3v) is 7.86. The molecule has 1 N–H and O–H groups in total. The van der Waals surface area contributed by atoms with Crippen molar-refractivity contribution in [3.8, 4) is 0 Å². The van der Waals surface area contributed by atoms with Crippen molar-refractivity contribution >= 4 is 15.8 Å². The zero-order chi connectivity index (χ0) is 18.5. The van der Waals surface area contributed by atoms with E-state index in [4.69, 9.17) is 0 Å². The summed E-state index contributed by atoms with van der Waals surface area (Å²) in [5.41, 5.74) is 0. The van der Waals surface area contributed by atoms with Crippen LogP contribution in [0.4, 0.5) is 0 Å². The topological polar surface area (TPSA) is 71.4 Å². The van der Waals surface area contributed by atoms with Crippen molar-refractivity contribution in [3.63, 3.8) is 0 Å². The molecule has 0 amide bonds. The Labute approximate surface area is 154 Å². The summed E-state index contributed by atoms with van der Waals surface area (Å²) in [6, 6.07) is 0. The molecule has 0 aromatic carbocycles. The van der Waals surface area contributed by atoms with Crippen LogP contribution < -0.4 is 0 Å². The van der Waals surface area contributed by atoms with E-state index in [9.17, 15) is 18.3 Å². The average Bonchev–Trinajstić information content (AvgIpc) is 2.90. The van der Waals surface area contributed by atoms with Crippen molar-refractivity contribution in [3.05, 3.63) is 0 Å². The van der Waals surface area contributed by atoms with Gasteiger partial charge in [0.15, 0.2) is 9.84 Å². The van der Waals surface area contributed by atoms with Crippen LogP contribution in [0.1, 0.15) is 103 Å².